The summed E-state index contributed by atoms with van der Waals surface area (Å²) in [7, 11) is 0. The summed E-state index contributed by atoms with van der Waals surface area (Å²) < 4.78 is 35.9. The number of hydrogen-bond acceptors (Lipinski definition) is 4. The number of benzene rings is 2. The first kappa shape index (κ1) is 42.8. The third kappa shape index (κ3) is 23.1. The zero-order chi connectivity index (χ0) is 33.3. The van der Waals surface area contributed by atoms with Crippen molar-refractivity contribution < 1.29 is 27.6 Å². The number of nitrogens with one attached hydrogen (secondary N) is 2. The largest absolute Gasteiger partial charge is 0.472 e. The quantitative estimate of drug-likeness (QED) is 0.230. The van der Waals surface area contributed by atoms with Gasteiger partial charge in [0, 0.05) is 18.7 Å². The van der Waals surface area contributed by atoms with Crippen LogP contribution in [0.3, 0.4) is 0 Å². The zero-order valence-corrected chi connectivity index (χ0v) is 26.6. The Kier molecular flexibility index (Phi) is 25.6. The van der Waals surface area contributed by atoms with Crippen LogP contribution in [0, 0.1) is 18.8 Å². The minimum absolute atomic E-state index is 0.0351. The van der Waals surface area contributed by atoms with E-state index in [1.807, 2.05) is 39.0 Å². The summed E-state index contributed by atoms with van der Waals surface area (Å²) in [5.74, 6) is -1.75. The highest BCUT2D eigenvalue weighted by Crippen LogP contribution is 2.17. The lowest BCUT2D eigenvalue weighted by Crippen LogP contribution is -2.50. The van der Waals surface area contributed by atoms with Crippen LogP contribution >= 0.6 is 0 Å². The van der Waals surface area contributed by atoms with Gasteiger partial charge in [0.15, 0.2) is 0 Å². The topological polar surface area (TPSA) is 78.5 Å². The third-order valence-electron chi connectivity index (χ3n) is 4.95. The van der Waals surface area contributed by atoms with E-state index in [1.54, 1.807) is 19.3 Å². The van der Waals surface area contributed by atoms with Gasteiger partial charge in [-0.25, -0.2) is 5.01 Å². The molecule has 0 saturated heterocycles. The number of anilines is 1. The van der Waals surface area contributed by atoms with Crippen molar-refractivity contribution in [2.75, 3.05) is 18.4 Å². The molecule has 236 valence electrons. The highest BCUT2D eigenvalue weighted by atomic mass is 19.4. The summed E-state index contributed by atoms with van der Waals surface area (Å²) in [4.78, 5) is 32.5. The predicted octanol–water partition coefficient (Wildman–Crippen LogP) is 7.81. The van der Waals surface area contributed by atoms with Crippen LogP contribution in [-0.2, 0) is 20.8 Å². The van der Waals surface area contributed by atoms with Gasteiger partial charge in [0.25, 0.3) is 0 Å². The lowest BCUT2D eigenvalue weighted by Gasteiger charge is -2.24. The van der Waals surface area contributed by atoms with Crippen LogP contribution in [0.4, 0.5) is 18.9 Å². The van der Waals surface area contributed by atoms with Gasteiger partial charge in [-0.3, -0.25) is 19.8 Å². The molecule has 0 aliphatic heterocycles. The molecule has 0 spiro atoms. The molecule has 0 saturated carbocycles. The predicted molar refractivity (Wildman–Crippen MR) is 168 cm³/mol. The van der Waals surface area contributed by atoms with E-state index in [-0.39, 0.29) is 30.7 Å². The Bertz CT molecular complexity index is 1000. The Morgan fingerprint density at radius 2 is 1.38 bits per heavy atom. The molecule has 2 aromatic carbocycles. The van der Waals surface area contributed by atoms with Gasteiger partial charge >= 0.3 is 12.1 Å². The first-order valence-electron chi connectivity index (χ1n) is 14.1. The van der Waals surface area contributed by atoms with Gasteiger partial charge in [-0.2, -0.15) is 13.2 Å². The molecule has 0 radical (unpaired) electrons. The summed E-state index contributed by atoms with van der Waals surface area (Å²) in [6.45, 7) is 17.0. The second kappa shape index (κ2) is 25.1. The number of terminal acetylenes is 1. The molecule has 0 aromatic heterocycles. The summed E-state index contributed by atoms with van der Waals surface area (Å²) in [6.07, 6.45) is 4.72. The van der Waals surface area contributed by atoms with Gasteiger partial charge in [0.1, 0.15) is 5.78 Å². The third-order valence-corrected chi connectivity index (χ3v) is 4.95. The molecule has 9 heteroatoms. The number of nitrogens with zero attached hydrogens (tertiary/aromatic N) is 1. The number of ketones is 1. The maximum atomic E-state index is 12.0. The fourth-order valence-corrected chi connectivity index (χ4v) is 2.98. The maximum Gasteiger partial charge on any atom is 0.472 e. The molecule has 0 aliphatic rings. The normalized spacial score (nSPS) is 9.93. The number of aryl methyl sites for hydroxylation is 1. The summed E-state index contributed by atoms with van der Waals surface area (Å²) in [5.41, 5.74) is 5.25. The Labute approximate surface area is 251 Å². The molecule has 2 rings (SSSR count). The molecule has 0 bridgehead atoms. The van der Waals surface area contributed by atoms with E-state index in [9.17, 15) is 27.6 Å². The molecule has 0 unspecified atom stereocenters. The summed E-state index contributed by atoms with van der Waals surface area (Å²) in [5, 5.41) is 3.79. The minimum atomic E-state index is -4.94. The first-order chi connectivity index (χ1) is 19.7. The number of alkyl halides is 3. The summed E-state index contributed by atoms with van der Waals surface area (Å²) in [6, 6.07) is 18.5. The molecule has 0 heterocycles. The molecule has 2 N–H and O–H groups in total. The van der Waals surface area contributed by atoms with Crippen molar-refractivity contribution in [1.29, 1.82) is 0 Å². The molecule has 0 aliphatic carbocycles. The van der Waals surface area contributed by atoms with Gasteiger partial charge < -0.3 is 5.32 Å². The molecule has 6 nitrogen and oxygen atoms in total. The lowest BCUT2D eigenvalue weighted by atomic mass is 10.0. The van der Waals surface area contributed by atoms with Gasteiger partial charge in [-0.05, 0) is 48.4 Å². The standard InChI is InChI=1S/C12H17NO.C9H15F3N2O2.C8H10.C2H6.C2H2/c1-4-12(14)13-11-7-5-10(6-8-11)9(2)3;1-6(2)4-14(5-7(3)15)13-8(16)9(10,11)12;1-2-8-6-4-3-5-7-8;2*1-2/h5-9H,4H2,1-3H3,(H,13,14);6H,4-5H2,1-3H3,(H,13,16);3-7H,2H2,1H3;1-2H3;1-2H. The number of halogens is 3. The highest BCUT2D eigenvalue weighted by molar-refractivity contribution is 5.90. The molecule has 0 fully saturated rings. The second-order valence-electron chi connectivity index (χ2n) is 9.43. The lowest BCUT2D eigenvalue weighted by molar-refractivity contribution is -0.179. The molecule has 2 amide bonds. The van der Waals surface area contributed by atoms with Crippen molar-refractivity contribution in [1.82, 2.24) is 10.4 Å². The molecule has 0 atom stereocenters. The van der Waals surface area contributed by atoms with Crippen molar-refractivity contribution >= 4 is 23.3 Å². The van der Waals surface area contributed by atoms with Crippen molar-refractivity contribution in [2.45, 2.75) is 87.2 Å². The van der Waals surface area contributed by atoms with E-state index in [0.29, 0.717) is 12.3 Å². The number of hydrogen-bond donors (Lipinski definition) is 2. The fourth-order valence-electron chi connectivity index (χ4n) is 2.98. The number of amides is 2. The van der Waals surface area contributed by atoms with Crippen molar-refractivity contribution in [2.24, 2.45) is 5.92 Å². The average Bonchev–Trinajstić information content (AvgIpc) is 2.95. The average molecular weight is 594 g/mol. The zero-order valence-electron chi connectivity index (χ0n) is 26.6. The van der Waals surface area contributed by atoms with Crippen LogP contribution in [0.5, 0.6) is 0 Å². The van der Waals surface area contributed by atoms with Gasteiger partial charge in [-0.15, -0.1) is 12.8 Å². The van der Waals surface area contributed by atoms with Crippen LogP contribution in [0.15, 0.2) is 54.6 Å². The van der Waals surface area contributed by atoms with E-state index in [0.717, 1.165) is 17.1 Å². The van der Waals surface area contributed by atoms with Crippen LogP contribution < -0.4 is 10.7 Å². The summed E-state index contributed by atoms with van der Waals surface area (Å²) >= 11 is 0. The number of Topliss-reactive ketones (excluding diaryl/α,β-unsaturated/α-hetero) is 1. The fraction of sp³-hybridized carbons (Fsp3) is 0.485. The number of hydrazine groups is 1. The van der Waals surface area contributed by atoms with Gasteiger partial charge in [0.05, 0.1) is 6.54 Å². The van der Waals surface area contributed by atoms with Gasteiger partial charge in [-0.1, -0.05) is 97.9 Å². The van der Waals surface area contributed by atoms with E-state index < -0.39 is 12.1 Å². The van der Waals surface area contributed by atoms with Crippen molar-refractivity contribution in [3.05, 3.63) is 65.7 Å². The molecule has 2 aromatic rings. The van der Waals surface area contributed by atoms with E-state index in [4.69, 9.17) is 0 Å². The van der Waals surface area contributed by atoms with E-state index in [2.05, 4.69) is 75.3 Å². The number of rotatable bonds is 9. The number of carbonyl (C=O) groups excluding carboxylic acids is 3. The van der Waals surface area contributed by atoms with Gasteiger partial charge in [0.2, 0.25) is 5.91 Å². The Morgan fingerprint density at radius 1 is 0.881 bits per heavy atom. The highest BCUT2D eigenvalue weighted by Gasteiger charge is 2.39. The Hall–Kier alpha value is -3.64. The van der Waals surface area contributed by atoms with Crippen molar-refractivity contribution in [3.8, 4) is 12.8 Å². The van der Waals surface area contributed by atoms with E-state index in [1.165, 1.54) is 18.1 Å². The monoisotopic (exact) mass is 593 g/mol. The van der Waals surface area contributed by atoms with Crippen LogP contribution in [0.25, 0.3) is 0 Å². The Balaban J connectivity index is -0.000000531. The molecular formula is C33H50F3N3O3. The molecular weight excluding hydrogens is 543 g/mol. The SMILES string of the molecule is C#C.CC.CC(=O)CN(CC(C)C)NC(=O)C(F)(F)F.CCC(=O)Nc1ccc(C(C)C)cc1.CCc1ccccc1. The Morgan fingerprint density at radius 3 is 1.71 bits per heavy atom. The first-order valence-corrected chi connectivity index (χ1v) is 14.1. The smallest absolute Gasteiger partial charge is 0.326 e. The van der Waals surface area contributed by atoms with Crippen LogP contribution in [-0.4, -0.2) is 41.9 Å². The number of carbonyl (C=O) groups is 3. The van der Waals surface area contributed by atoms with Crippen LogP contribution in [0.2, 0.25) is 0 Å². The van der Waals surface area contributed by atoms with Crippen LogP contribution in [0.1, 0.15) is 85.8 Å². The second-order valence-corrected chi connectivity index (χ2v) is 9.43. The minimum Gasteiger partial charge on any atom is -0.326 e. The van der Waals surface area contributed by atoms with E-state index >= 15 is 0 Å². The molecule has 42 heavy (non-hydrogen) atoms. The maximum absolute atomic E-state index is 12.0. The van der Waals surface area contributed by atoms with Crippen molar-refractivity contribution in [3.63, 3.8) is 0 Å².